The summed E-state index contributed by atoms with van der Waals surface area (Å²) in [6, 6.07) is 2.18. The first-order valence-electron chi connectivity index (χ1n) is 10.2. The van der Waals surface area contributed by atoms with Gasteiger partial charge in [0.05, 0.1) is 5.69 Å². The Hall–Kier alpha value is -2.08. The number of fused-ring (bicyclic) bond motifs is 2. The van der Waals surface area contributed by atoms with Gasteiger partial charge in [0, 0.05) is 31.7 Å². The summed E-state index contributed by atoms with van der Waals surface area (Å²) in [6.07, 6.45) is 5.37. The third-order valence-electron chi connectivity index (χ3n) is 5.69. The van der Waals surface area contributed by atoms with E-state index in [0.29, 0.717) is 11.7 Å². The highest BCUT2D eigenvalue weighted by Crippen LogP contribution is 2.44. The van der Waals surface area contributed by atoms with Crippen LogP contribution in [0.4, 0.5) is 10.5 Å². The summed E-state index contributed by atoms with van der Waals surface area (Å²) in [7, 11) is 1.97. The van der Waals surface area contributed by atoms with E-state index in [2.05, 4.69) is 23.4 Å². The molecule has 0 saturated carbocycles. The number of nitrogens with zero attached hydrogens (tertiary/aromatic N) is 4. The van der Waals surface area contributed by atoms with Gasteiger partial charge in [0.2, 0.25) is 0 Å². The minimum absolute atomic E-state index is 0.181. The topological polar surface area (TPSA) is 58.6 Å². The van der Waals surface area contributed by atoms with Crippen molar-refractivity contribution in [3.05, 3.63) is 36.1 Å². The van der Waals surface area contributed by atoms with Crippen LogP contribution in [0, 0.1) is 5.92 Å². The van der Waals surface area contributed by atoms with Gasteiger partial charge in [0.25, 0.3) is 0 Å². The Labute approximate surface area is 178 Å². The summed E-state index contributed by atoms with van der Waals surface area (Å²) >= 11 is 6.10. The average molecular weight is 419 g/mol. The van der Waals surface area contributed by atoms with Crippen LogP contribution in [0.3, 0.4) is 0 Å². The molecule has 2 fully saturated rings. The number of amides is 1. The molecule has 0 radical (unpaired) electrons. The van der Waals surface area contributed by atoms with Gasteiger partial charge < -0.3 is 14.5 Å². The van der Waals surface area contributed by atoms with Crippen LogP contribution < -0.4 is 4.90 Å². The first-order chi connectivity index (χ1) is 13.6. The Bertz CT molecular complexity index is 790. The lowest BCUT2D eigenvalue weighted by Gasteiger charge is -2.40. The predicted octanol–water partition coefficient (Wildman–Crippen LogP) is 4.94. The van der Waals surface area contributed by atoms with Gasteiger partial charge in [-0.25, -0.2) is 4.79 Å². The van der Waals surface area contributed by atoms with E-state index in [1.807, 2.05) is 49.8 Å². The average Bonchev–Trinajstić information content (AvgIpc) is 2.90. The number of rotatable bonds is 5. The van der Waals surface area contributed by atoms with E-state index in [0.717, 1.165) is 42.6 Å². The molecule has 2 aliphatic heterocycles. The number of piperidine rings is 1. The molecule has 0 aliphatic carbocycles. The van der Waals surface area contributed by atoms with E-state index >= 15 is 0 Å². The van der Waals surface area contributed by atoms with Gasteiger partial charge in [-0.1, -0.05) is 24.3 Å². The Balaban J connectivity index is 1.78. The van der Waals surface area contributed by atoms with Crippen LogP contribution >= 0.6 is 11.6 Å². The molecule has 0 N–H and O–H groups in total. The summed E-state index contributed by atoms with van der Waals surface area (Å²) in [6.45, 7) is 14.6. The summed E-state index contributed by atoms with van der Waals surface area (Å²) in [4.78, 5) is 16.7. The first-order valence-corrected chi connectivity index (χ1v) is 10.5. The smallest absolute Gasteiger partial charge is 0.410 e. The molecule has 0 spiro atoms. The first kappa shape index (κ1) is 21.6. The van der Waals surface area contributed by atoms with Gasteiger partial charge in [0.1, 0.15) is 11.3 Å². The highest BCUT2D eigenvalue weighted by Gasteiger charge is 2.45. The lowest BCUT2D eigenvalue weighted by Crippen LogP contribution is -2.48. The number of carbonyl (C=O) groups is 1. The normalized spacial score (nSPS) is 23.6. The quantitative estimate of drug-likeness (QED) is 0.633. The molecule has 1 aromatic rings. The maximum absolute atomic E-state index is 12.7. The van der Waals surface area contributed by atoms with Crippen molar-refractivity contribution in [3.63, 3.8) is 0 Å². The van der Waals surface area contributed by atoms with E-state index in [1.165, 1.54) is 0 Å². The Kier molecular flexibility index (Phi) is 6.22. The van der Waals surface area contributed by atoms with E-state index < -0.39 is 5.60 Å². The zero-order chi connectivity index (χ0) is 21.3. The van der Waals surface area contributed by atoms with Gasteiger partial charge in [-0.15, -0.1) is 16.8 Å². The van der Waals surface area contributed by atoms with Crippen molar-refractivity contribution in [1.29, 1.82) is 0 Å². The molecule has 0 aromatic carbocycles. The number of allylic oxidation sites excluding steroid dienone is 1. The summed E-state index contributed by atoms with van der Waals surface area (Å²) in [5.74, 6) is 0.248. The minimum atomic E-state index is -0.486. The van der Waals surface area contributed by atoms with Crippen molar-refractivity contribution >= 4 is 29.0 Å². The third kappa shape index (κ3) is 4.74. The van der Waals surface area contributed by atoms with Crippen LogP contribution in [0.1, 0.15) is 52.1 Å². The van der Waals surface area contributed by atoms with Gasteiger partial charge in [-0.3, -0.25) is 0 Å². The zero-order valence-corrected chi connectivity index (χ0v) is 18.6. The molecule has 2 bridgehead atoms. The number of hydrogen-bond acceptors (Lipinski definition) is 5. The number of carbonyl (C=O) groups excluding carboxylic acids is 1. The molecule has 3 heterocycles. The molecule has 1 aromatic heterocycles. The van der Waals surface area contributed by atoms with Crippen molar-refractivity contribution in [2.24, 2.45) is 5.92 Å². The number of aromatic nitrogens is 2. The molecule has 6 nitrogen and oxygen atoms in total. The number of hydrogen-bond donors (Lipinski definition) is 0. The van der Waals surface area contributed by atoms with Gasteiger partial charge >= 0.3 is 6.09 Å². The monoisotopic (exact) mass is 418 g/mol. The van der Waals surface area contributed by atoms with E-state index in [9.17, 15) is 4.79 Å². The molecule has 2 atom stereocenters. The molecule has 29 heavy (non-hydrogen) atoms. The van der Waals surface area contributed by atoms with E-state index in [1.54, 1.807) is 0 Å². The number of halogens is 1. The van der Waals surface area contributed by atoms with Crippen molar-refractivity contribution < 1.29 is 9.53 Å². The molecule has 3 rings (SSSR count). The fraction of sp³-hybridized carbons (Fsp3) is 0.591. The Morgan fingerprint density at radius 3 is 2.52 bits per heavy atom. The molecule has 2 saturated heterocycles. The van der Waals surface area contributed by atoms with Crippen molar-refractivity contribution in [2.45, 2.75) is 64.1 Å². The molecule has 1 amide bonds. The van der Waals surface area contributed by atoms with Crippen molar-refractivity contribution in [2.75, 3.05) is 18.5 Å². The van der Waals surface area contributed by atoms with Crippen molar-refractivity contribution in [3.8, 4) is 0 Å². The van der Waals surface area contributed by atoms with Crippen LogP contribution in [0.2, 0.25) is 5.15 Å². The molecule has 2 unspecified atom stereocenters. The second-order valence-corrected chi connectivity index (χ2v) is 9.42. The maximum atomic E-state index is 12.7. The SMILES string of the molecule is C=CCN(C)c1cc(Cl)nnc1C(=C)C1CC2CCC(C1)N2C(=O)OC(C)(C)C. The zero-order valence-electron chi connectivity index (χ0n) is 17.8. The number of ether oxygens (including phenoxy) is 1. The summed E-state index contributed by atoms with van der Waals surface area (Å²) < 4.78 is 5.64. The second kappa shape index (κ2) is 8.34. The molecule has 7 heteroatoms. The molecule has 158 valence electrons. The fourth-order valence-corrected chi connectivity index (χ4v) is 4.58. The maximum Gasteiger partial charge on any atom is 0.410 e. The summed E-state index contributed by atoms with van der Waals surface area (Å²) in [5.41, 5.74) is 2.15. The fourth-order valence-electron chi connectivity index (χ4n) is 4.44. The van der Waals surface area contributed by atoms with Crippen LogP contribution in [0.15, 0.2) is 25.3 Å². The predicted molar refractivity (Wildman–Crippen MR) is 117 cm³/mol. The minimum Gasteiger partial charge on any atom is -0.444 e. The lowest BCUT2D eigenvalue weighted by atomic mass is 9.83. The largest absolute Gasteiger partial charge is 0.444 e. The molecule has 2 aliphatic rings. The third-order valence-corrected chi connectivity index (χ3v) is 5.88. The standard InChI is InChI=1S/C22H31ClN4O2/c1-7-10-26(6)18-13-19(23)24-25-20(18)14(2)15-11-16-8-9-17(12-15)27(16)21(28)29-22(3,4)5/h7,13,15-17H,1-2,8-12H2,3-6H3. The second-order valence-electron chi connectivity index (χ2n) is 9.04. The highest BCUT2D eigenvalue weighted by molar-refractivity contribution is 6.29. The van der Waals surface area contributed by atoms with Gasteiger partial charge in [-0.05, 0) is 57.9 Å². The number of anilines is 1. The van der Waals surface area contributed by atoms with Crippen molar-refractivity contribution in [1.82, 2.24) is 15.1 Å². The van der Waals surface area contributed by atoms with E-state index in [4.69, 9.17) is 16.3 Å². The van der Waals surface area contributed by atoms with E-state index in [-0.39, 0.29) is 24.1 Å². The van der Waals surface area contributed by atoms with Crippen LogP contribution in [0.25, 0.3) is 5.57 Å². The van der Waals surface area contributed by atoms with Crippen LogP contribution in [-0.2, 0) is 4.74 Å². The van der Waals surface area contributed by atoms with Crippen LogP contribution in [0.5, 0.6) is 0 Å². The number of likely N-dealkylation sites (N-methyl/N-ethyl adjacent to an activating group) is 1. The highest BCUT2D eigenvalue weighted by atomic mass is 35.5. The summed E-state index contributed by atoms with van der Waals surface area (Å²) in [5, 5.41) is 8.77. The Morgan fingerprint density at radius 2 is 1.97 bits per heavy atom. The Morgan fingerprint density at radius 1 is 1.34 bits per heavy atom. The molecular formula is C22H31ClN4O2. The van der Waals surface area contributed by atoms with Crippen LogP contribution in [-0.4, -0.2) is 52.5 Å². The van der Waals surface area contributed by atoms with Gasteiger partial charge in [-0.2, -0.15) is 0 Å². The molecular weight excluding hydrogens is 388 g/mol. The van der Waals surface area contributed by atoms with Gasteiger partial charge in [0.15, 0.2) is 5.15 Å². The lowest BCUT2D eigenvalue weighted by molar-refractivity contribution is 0.00492.